The average Bonchev–Trinajstić information content (AvgIpc) is 2.70. The monoisotopic (exact) mass is 357 g/mol. The van der Waals surface area contributed by atoms with Gasteiger partial charge < -0.3 is 5.11 Å². The molecule has 0 saturated heterocycles. The second-order valence-corrected chi connectivity index (χ2v) is 6.92. The van der Waals surface area contributed by atoms with E-state index in [2.05, 4.69) is 66.9 Å². The summed E-state index contributed by atoms with van der Waals surface area (Å²) >= 11 is 0. The fourth-order valence-corrected chi connectivity index (χ4v) is 3.36. The lowest BCUT2D eigenvalue weighted by molar-refractivity contribution is 0.116. The lowest BCUT2D eigenvalue weighted by atomic mass is 9.99. The van der Waals surface area contributed by atoms with Gasteiger partial charge >= 0.3 is 0 Å². The Bertz CT molecular complexity index is 855. The van der Waals surface area contributed by atoms with Crippen LogP contribution in [0.3, 0.4) is 0 Å². The van der Waals surface area contributed by atoms with E-state index in [4.69, 9.17) is 0 Å². The second kappa shape index (κ2) is 9.31. The number of rotatable bonds is 8. The van der Waals surface area contributed by atoms with Gasteiger partial charge in [-0.3, -0.25) is 4.90 Å². The van der Waals surface area contributed by atoms with Crippen molar-refractivity contribution in [3.63, 3.8) is 0 Å². The zero-order valence-corrected chi connectivity index (χ0v) is 15.9. The summed E-state index contributed by atoms with van der Waals surface area (Å²) in [5.74, 6) is 0. The summed E-state index contributed by atoms with van der Waals surface area (Å²) in [6.07, 6.45) is 1.39. The molecule has 0 bridgehead atoms. The lowest BCUT2D eigenvalue weighted by Gasteiger charge is -2.24. The Labute approximate surface area is 162 Å². The van der Waals surface area contributed by atoms with E-state index in [-0.39, 0.29) is 0 Å². The molecule has 0 spiro atoms. The summed E-state index contributed by atoms with van der Waals surface area (Å²) < 4.78 is 0. The molecule has 0 radical (unpaired) electrons. The van der Waals surface area contributed by atoms with E-state index in [0.29, 0.717) is 6.54 Å². The predicted molar refractivity (Wildman–Crippen MR) is 113 cm³/mol. The normalized spacial score (nSPS) is 12.1. The minimum atomic E-state index is -0.502. The van der Waals surface area contributed by atoms with Crippen molar-refractivity contribution < 1.29 is 5.11 Å². The molecule has 3 aromatic carbocycles. The van der Waals surface area contributed by atoms with Crippen LogP contribution in [0.2, 0.25) is 0 Å². The molecule has 0 fully saturated rings. The molecule has 0 aliphatic carbocycles. The highest BCUT2D eigenvalue weighted by Gasteiger charge is 2.13. The Morgan fingerprint density at radius 3 is 2.26 bits per heavy atom. The van der Waals surface area contributed by atoms with Crippen LogP contribution >= 0.6 is 0 Å². The smallest absolute Gasteiger partial charge is 0.0917 e. The summed E-state index contributed by atoms with van der Waals surface area (Å²) in [5.41, 5.74) is 5.96. The summed E-state index contributed by atoms with van der Waals surface area (Å²) in [5, 5.41) is 10.5. The zero-order valence-electron chi connectivity index (χ0n) is 15.9. The first-order chi connectivity index (χ1) is 13.2. The molecule has 0 saturated carbocycles. The third-order valence-corrected chi connectivity index (χ3v) is 4.82. The van der Waals surface area contributed by atoms with Gasteiger partial charge in [0.1, 0.15) is 0 Å². The maximum absolute atomic E-state index is 10.5. The van der Waals surface area contributed by atoms with Gasteiger partial charge in [0.05, 0.1) is 6.10 Å². The molecule has 3 aromatic rings. The van der Waals surface area contributed by atoms with E-state index in [1.807, 2.05) is 36.4 Å². The zero-order chi connectivity index (χ0) is 19.1. The number of aliphatic hydroxyl groups excluding tert-OH is 1. The largest absolute Gasteiger partial charge is 0.387 e. The minimum Gasteiger partial charge on any atom is -0.387 e. The summed E-state index contributed by atoms with van der Waals surface area (Å²) in [6.45, 7) is 8.10. The Hall–Kier alpha value is -2.68. The topological polar surface area (TPSA) is 23.5 Å². The van der Waals surface area contributed by atoms with Crippen LogP contribution < -0.4 is 0 Å². The Morgan fingerprint density at radius 1 is 0.926 bits per heavy atom. The van der Waals surface area contributed by atoms with Gasteiger partial charge in [-0.25, -0.2) is 0 Å². The molecule has 3 rings (SSSR count). The van der Waals surface area contributed by atoms with Gasteiger partial charge in [0.15, 0.2) is 0 Å². The van der Waals surface area contributed by atoms with Crippen LogP contribution in [0.25, 0.3) is 11.1 Å². The standard InChI is InChI=1S/C25H27NO/c1-3-17-26(19-25(27)23-10-5-4-6-11-23)18-21-13-15-22(16-14-21)24-12-8-7-9-20(24)2/h3-16,25,27H,1,17-19H2,2H3/t25-/m1/s1. The molecule has 0 aliphatic rings. The van der Waals surface area contributed by atoms with Crippen LogP contribution in [-0.2, 0) is 6.54 Å². The number of aliphatic hydroxyl groups is 1. The molecule has 2 heteroatoms. The highest BCUT2D eigenvalue weighted by molar-refractivity contribution is 5.67. The third kappa shape index (κ3) is 5.16. The molecule has 0 unspecified atom stereocenters. The van der Waals surface area contributed by atoms with Crippen molar-refractivity contribution in [3.05, 3.63) is 108 Å². The molecule has 1 N–H and O–H groups in total. The third-order valence-electron chi connectivity index (χ3n) is 4.82. The van der Waals surface area contributed by atoms with Crippen molar-refractivity contribution in [2.24, 2.45) is 0 Å². The summed E-state index contributed by atoms with van der Waals surface area (Å²) in [7, 11) is 0. The average molecular weight is 357 g/mol. The SMILES string of the molecule is C=CCN(Cc1ccc(-c2ccccc2C)cc1)C[C@@H](O)c1ccccc1. The van der Waals surface area contributed by atoms with Crippen LogP contribution in [0.15, 0.2) is 91.5 Å². The van der Waals surface area contributed by atoms with Crippen molar-refractivity contribution in [2.75, 3.05) is 13.1 Å². The van der Waals surface area contributed by atoms with Crippen molar-refractivity contribution >= 4 is 0 Å². The molecule has 0 aromatic heterocycles. The van der Waals surface area contributed by atoms with Gasteiger partial charge in [-0.1, -0.05) is 84.9 Å². The minimum absolute atomic E-state index is 0.502. The molecular weight excluding hydrogens is 330 g/mol. The van der Waals surface area contributed by atoms with Gasteiger partial charge in [-0.2, -0.15) is 0 Å². The van der Waals surface area contributed by atoms with E-state index in [9.17, 15) is 5.11 Å². The van der Waals surface area contributed by atoms with Gasteiger partial charge in [-0.05, 0) is 34.7 Å². The van der Waals surface area contributed by atoms with Crippen molar-refractivity contribution in [2.45, 2.75) is 19.6 Å². The lowest BCUT2D eigenvalue weighted by Crippen LogP contribution is -2.28. The van der Waals surface area contributed by atoms with Crippen LogP contribution in [0.4, 0.5) is 0 Å². The molecule has 138 valence electrons. The first-order valence-corrected chi connectivity index (χ1v) is 9.38. The van der Waals surface area contributed by atoms with E-state index in [1.165, 1.54) is 22.3 Å². The van der Waals surface area contributed by atoms with Gasteiger partial charge in [0.2, 0.25) is 0 Å². The Kier molecular flexibility index (Phi) is 6.59. The van der Waals surface area contributed by atoms with Crippen LogP contribution in [-0.4, -0.2) is 23.1 Å². The van der Waals surface area contributed by atoms with E-state index < -0.39 is 6.10 Å². The number of hydrogen-bond donors (Lipinski definition) is 1. The van der Waals surface area contributed by atoms with E-state index >= 15 is 0 Å². The van der Waals surface area contributed by atoms with Crippen molar-refractivity contribution in [1.82, 2.24) is 4.90 Å². The highest BCUT2D eigenvalue weighted by Crippen LogP contribution is 2.24. The fraction of sp³-hybridized carbons (Fsp3) is 0.200. The quantitative estimate of drug-likeness (QED) is 0.547. The highest BCUT2D eigenvalue weighted by atomic mass is 16.3. The molecule has 1 atom stereocenters. The van der Waals surface area contributed by atoms with E-state index in [1.54, 1.807) is 0 Å². The molecule has 2 nitrogen and oxygen atoms in total. The molecular formula is C25H27NO. The summed E-state index contributed by atoms with van der Waals surface area (Å²) in [6, 6.07) is 27.0. The molecule has 27 heavy (non-hydrogen) atoms. The first kappa shape index (κ1) is 19.1. The van der Waals surface area contributed by atoms with Gasteiger partial charge in [-0.15, -0.1) is 6.58 Å². The second-order valence-electron chi connectivity index (χ2n) is 6.92. The first-order valence-electron chi connectivity index (χ1n) is 9.38. The maximum atomic E-state index is 10.5. The molecule has 0 amide bonds. The van der Waals surface area contributed by atoms with Crippen molar-refractivity contribution in [3.8, 4) is 11.1 Å². The van der Waals surface area contributed by atoms with Crippen LogP contribution in [0.5, 0.6) is 0 Å². The number of benzene rings is 3. The van der Waals surface area contributed by atoms with Crippen molar-refractivity contribution in [1.29, 1.82) is 0 Å². The van der Waals surface area contributed by atoms with E-state index in [0.717, 1.165) is 18.7 Å². The van der Waals surface area contributed by atoms with Gasteiger partial charge in [0.25, 0.3) is 0 Å². The summed E-state index contributed by atoms with van der Waals surface area (Å²) in [4.78, 5) is 2.22. The molecule has 0 heterocycles. The Morgan fingerprint density at radius 2 is 1.59 bits per heavy atom. The number of hydrogen-bond acceptors (Lipinski definition) is 2. The van der Waals surface area contributed by atoms with Crippen LogP contribution in [0.1, 0.15) is 22.8 Å². The fourth-order valence-electron chi connectivity index (χ4n) is 3.36. The molecule has 0 aliphatic heterocycles. The predicted octanol–water partition coefficient (Wildman–Crippen LogP) is 5.38. The van der Waals surface area contributed by atoms with Crippen LogP contribution in [0, 0.1) is 6.92 Å². The number of nitrogens with zero attached hydrogens (tertiary/aromatic N) is 1. The maximum Gasteiger partial charge on any atom is 0.0917 e. The number of aryl methyl sites for hydroxylation is 1. The Balaban J connectivity index is 1.69. The van der Waals surface area contributed by atoms with Gasteiger partial charge in [0, 0.05) is 19.6 Å².